The Morgan fingerprint density at radius 1 is 1.44 bits per heavy atom. The summed E-state index contributed by atoms with van der Waals surface area (Å²) in [5, 5.41) is 18.0. The highest BCUT2D eigenvalue weighted by atomic mass is 16.6. The van der Waals surface area contributed by atoms with Gasteiger partial charge in [0.15, 0.2) is 0 Å². The van der Waals surface area contributed by atoms with Gasteiger partial charge >= 0.3 is 11.9 Å². The van der Waals surface area contributed by atoms with Gasteiger partial charge in [0.2, 0.25) is 0 Å². The second-order valence-electron chi connectivity index (χ2n) is 3.40. The van der Waals surface area contributed by atoms with Crippen molar-refractivity contribution in [2.24, 2.45) is 12.1 Å². The number of hydrazone groups is 1. The van der Waals surface area contributed by atoms with Crippen LogP contribution in [0.3, 0.4) is 0 Å². The molecule has 0 saturated heterocycles. The highest BCUT2D eigenvalue weighted by Crippen LogP contribution is 2.08. The molecule has 0 aliphatic heterocycles. The van der Waals surface area contributed by atoms with E-state index in [1.807, 2.05) is 30.3 Å². The van der Waals surface area contributed by atoms with Crippen LogP contribution in [0.5, 0.6) is 0 Å². The van der Waals surface area contributed by atoms with Gasteiger partial charge in [0.1, 0.15) is 0 Å². The molecule has 0 saturated carbocycles. The molecule has 0 unspecified atom stereocenters. The number of nitrogens with zero attached hydrogens (tertiary/aromatic N) is 5. The Balaban J connectivity index is 2.06. The molecule has 1 aromatic carbocycles. The Morgan fingerprint density at radius 2 is 2.17 bits per heavy atom. The normalized spacial score (nSPS) is 10.7. The molecule has 8 nitrogen and oxygen atoms in total. The number of hydrogen-bond donors (Lipinski definition) is 1. The molecule has 0 fully saturated rings. The van der Waals surface area contributed by atoms with E-state index in [0.29, 0.717) is 0 Å². The Labute approximate surface area is 102 Å². The third kappa shape index (κ3) is 2.67. The lowest BCUT2D eigenvalue weighted by Crippen LogP contribution is -1.99. The van der Waals surface area contributed by atoms with Gasteiger partial charge < -0.3 is 10.1 Å². The number of rotatable bonds is 4. The molecule has 1 N–H and O–H groups in total. The molecule has 92 valence electrons. The third-order valence-corrected chi connectivity index (χ3v) is 2.09. The minimum absolute atomic E-state index is 0.203. The van der Waals surface area contributed by atoms with Crippen LogP contribution in [-0.2, 0) is 7.05 Å². The molecule has 0 spiro atoms. The molecule has 0 atom stereocenters. The van der Waals surface area contributed by atoms with Crippen LogP contribution in [0, 0.1) is 10.1 Å². The van der Waals surface area contributed by atoms with Gasteiger partial charge in [0.25, 0.3) is 0 Å². The van der Waals surface area contributed by atoms with Gasteiger partial charge in [-0.05, 0) is 15.5 Å². The SMILES string of the molecule is Cn1nc([N+](=O)[O-])nc1N/N=C/c1ccccc1. The summed E-state index contributed by atoms with van der Waals surface area (Å²) in [7, 11) is 1.54. The fraction of sp³-hybridized carbons (Fsp3) is 0.100. The highest BCUT2D eigenvalue weighted by Gasteiger charge is 2.18. The van der Waals surface area contributed by atoms with E-state index in [4.69, 9.17) is 0 Å². The van der Waals surface area contributed by atoms with Crippen LogP contribution in [0.2, 0.25) is 0 Å². The summed E-state index contributed by atoms with van der Waals surface area (Å²) in [4.78, 5) is 13.5. The molecule has 2 aromatic rings. The average molecular weight is 246 g/mol. The largest absolute Gasteiger partial charge is 0.493 e. The molecule has 8 heteroatoms. The summed E-state index contributed by atoms with van der Waals surface area (Å²) in [5.41, 5.74) is 3.50. The van der Waals surface area contributed by atoms with Gasteiger partial charge in [-0.3, -0.25) is 0 Å². The molecular formula is C10H10N6O2. The van der Waals surface area contributed by atoms with Crippen LogP contribution in [0.1, 0.15) is 5.56 Å². The maximum Gasteiger partial charge on any atom is 0.493 e. The van der Waals surface area contributed by atoms with Crippen LogP contribution in [-0.4, -0.2) is 25.9 Å². The Morgan fingerprint density at radius 3 is 2.78 bits per heavy atom. The van der Waals surface area contributed by atoms with Gasteiger partial charge in [-0.25, -0.2) is 5.43 Å². The minimum atomic E-state index is -0.661. The molecule has 0 aliphatic carbocycles. The van der Waals surface area contributed by atoms with Crippen LogP contribution in [0.4, 0.5) is 11.9 Å². The van der Waals surface area contributed by atoms with Crippen molar-refractivity contribution < 1.29 is 4.92 Å². The van der Waals surface area contributed by atoms with Gasteiger partial charge in [-0.15, -0.1) is 0 Å². The van der Waals surface area contributed by atoms with Crippen LogP contribution in [0.15, 0.2) is 35.4 Å². The smallest absolute Gasteiger partial charge is 0.390 e. The van der Waals surface area contributed by atoms with Crippen molar-refractivity contribution in [3.8, 4) is 0 Å². The zero-order chi connectivity index (χ0) is 13.0. The second kappa shape index (κ2) is 5.04. The lowest BCUT2D eigenvalue weighted by molar-refractivity contribution is -0.394. The van der Waals surface area contributed by atoms with E-state index >= 15 is 0 Å². The molecule has 18 heavy (non-hydrogen) atoms. The number of hydrogen-bond acceptors (Lipinski definition) is 6. The van der Waals surface area contributed by atoms with Crippen LogP contribution >= 0.6 is 0 Å². The molecule has 1 heterocycles. The summed E-state index contributed by atoms with van der Waals surface area (Å²) >= 11 is 0. The topological polar surface area (TPSA) is 98.2 Å². The van der Waals surface area contributed by atoms with Gasteiger partial charge in [0, 0.05) is 12.1 Å². The van der Waals surface area contributed by atoms with E-state index in [0.717, 1.165) is 5.56 Å². The molecular weight excluding hydrogens is 236 g/mol. The fourth-order valence-corrected chi connectivity index (χ4v) is 1.25. The van der Waals surface area contributed by atoms with E-state index < -0.39 is 10.9 Å². The first-order chi connectivity index (χ1) is 8.66. The number of aromatic nitrogens is 3. The predicted molar refractivity (Wildman–Crippen MR) is 65.3 cm³/mol. The quantitative estimate of drug-likeness (QED) is 0.496. The van der Waals surface area contributed by atoms with Crippen molar-refractivity contribution in [1.29, 1.82) is 0 Å². The fourth-order valence-electron chi connectivity index (χ4n) is 1.25. The van der Waals surface area contributed by atoms with Gasteiger partial charge in [-0.1, -0.05) is 30.3 Å². The van der Waals surface area contributed by atoms with E-state index in [2.05, 4.69) is 20.6 Å². The van der Waals surface area contributed by atoms with Gasteiger partial charge in [-0.2, -0.15) is 9.78 Å². The minimum Gasteiger partial charge on any atom is -0.390 e. The van der Waals surface area contributed by atoms with E-state index in [-0.39, 0.29) is 5.95 Å². The predicted octanol–water partition coefficient (Wildman–Crippen LogP) is 1.17. The lowest BCUT2D eigenvalue weighted by atomic mass is 10.2. The maximum atomic E-state index is 10.5. The van der Waals surface area contributed by atoms with Crippen molar-refractivity contribution >= 4 is 18.1 Å². The summed E-state index contributed by atoms with van der Waals surface area (Å²) in [6, 6.07) is 9.43. The van der Waals surface area contributed by atoms with Crippen LogP contribution in [0.25, 0.3) is 0 Å². The highest BCUT2D eigenvalue weighted by molar-refractivity contribution is 5.79. The molecule has 0 aliphatic rings. The van der Waals surface area contributed by atoms with E-state index in [1.54, 1.807) is 13.3 Å². The third-order valence-electron chi connectivity index (χ3n) is 2.09. The van der Waals surface area contributed by atoms with Crippen LogP contribution < -0.4 is 5.43 Å². The molecule has 0 bridgehead atoms. The zero-order valence-electron chi connectivity index (χ0n) is 9.52. The summed E-state index contributed by atoms with van der Waals surface area (Å²) < 4.78 is 1.25. The molecule has 1 aromatic heterocycles. The Hall–Kier alpha value is -2.77. The second-order valence-corrected chi connectivity index (χ2v) is 3.40. The zero-order valence-corrected chi connectivity index (χ0v) is 9.52. The van der Waals surface area contributed by atoms with Gasteiger partial charge in [0.05, 0.1) is 6.21 Å². The number of anilines is 1. The van der Waals surface area contributed by atoms with Crippen molar-refractivity contribution in [3.63, 3.8) is 0 Å². The first-order valence-electron chi connectivity index (χ1n) is 5.06. The number of nitrogens with one attached hydrogen (secondary N) is 1. The summed E-state index contributed by atoms with van der Waals surface area (Å²) in [6.07, 6.45) is 1.58. The van der Waals surface area contributed by atoms with Crippen molar-refractivity contribution in [2.45, 2.75) is 0 Å². The first-order valence-corrected chi connectivity index (χ1v) is 5.06. The van der Waals surface area contributed by atoms with Crippen molar-refractivity contribution in [2.75, 3.05) is 5.43 Å². The molecule has 0 amide bonds. The first kappa shape index (κ1) is 11.7. The monoisotopic (exact) mass is 246 g/mol. The van der Waals surface area contributed by atoms with Crippen molar-refractivity contribution in [3.05, 3.63) is 46.0 Å². The summed E-state index contributed by atoms with van der Waals surface area (Å²) in [6.45, 7) is 0. The molecule has 2 rings (SSSR count). The standard InChI is InChI=1S/C10H10N6O2/c1-15-9(12-10(14-15)16(17)18)13-11-7-8-5-3-2-4-6-8/h2-7H,1H3,(H,12,13,14)/b11-7+. The number of benzene rings is 1. The summed E-state index contributed by atoms with van der Waals surface area (Å²) in [5.74, 6) is -0.260. The van der Waals surface area contributed by atoms with E-state index in [9.17, 15) is 10.1 Å². The lowest BCUT2D eigenvalue weighted by Gasteiger charge is -1.93. The Kier molecular flexibility index (Phi) is 3.28. The molecule has 0 radical (unpaired) electrons. The average Bonchev–Trinajstić information content (AvgIpc) is 2.73. The van der Waals surface area contributed by atoms with E-state index in [1.165, 1.54) is 4.68 Å². The Bertz CT molecular complexity index is 577. The number of nitro groups is 1. The number of aryl methyl sites for hydroxylation is 1. The maximum absolute atomic E-state index is 10.5. The van der Waals surface area contributed by atoms with Crippen molar-refractivity contribution in [1.82, 2.24) is 14.8 Å².